The molecule has 28 heavy (non-hydrogen) atoms. The van der Waals surface area contributed by atoms with Gasteiger partial charge in [-0.2, -0.15) is 0 Å². The average molecular weight is 377 g/mol. The Bertz CT molecular complexity index is 1040. The fourth-order valence-electron chi connectivity index (χ4n) is 3.56. The van der Waals surface area contributed by atoms with Crippen LogP contribution in [-0.2, 0) is 17.8 Å². The zero-order valence-corrected chi connectivity index (χ0v) is 15.9. The molecular weight excluding hydrogens is 354 g/mol. The second kappa shape index (κ2) is 7.90. The normalized spacial score (nSPS) is 15.1. The maximum atomic E-state index is 12.5. The van der Waals surface area contributed by atoms with Crippen LogP contribution in [0.2, 0.25) is 0 Å². The molecule has 3 aromatic rings. The number of carbonyl (C=O) groups is 1. The molecule has 7 heteroatoms. The molecule has 1 aliphatic heterocycles. The molecule has 0 unspecified atom stereocenters. The zero-order valence-electron chi connectivity index (χ0n) is 15.9. The Labute approximate surface area is 163 Å². The molecule has 0 atom stereocenters. The van der Waals surface area contributed by atoms with Gasteiger partial charge in [-0.1, -0.05) is 6.07 Å². The van der Waals surface area contributed by atoms with E-state index in [1.54, 1.807) is 29.1 Å². The lowest BCUT2D eigenvalue weighted by molar-refractivity contribution is -0.132. The summed E-state index contributed by atoms with van der Waals surface area (Å²) in [6, 6.07) is 9.17. The number of nitrogens with zero attached hydrogens (tertiary/aromatic N) is 5. The number of piperazine rings is 1. The van der Waals surface area contributed by atoms with Crippen molar-refractivity contribution in [1.82, 2.24) is 24.2 Å². The lowest BCUT2D eigenvalue weighted by Crippen LogP contribution is -2.48. The van der Waals surface area contributed by atoms with Gasteiger partial charge in [-0.25, -0.2) is 4.98 Å². The fraction of sp³-hybridized carbons (Fsp3) is 0.333. The van der Waals surface area contributed by atoms with Crippen molar-refractivity contribution in [1.29, 1.82) is 0 Å². The van der Waals surface area contributed by atoms with Gasteiger partial charge in [0.15, 0.2) is 0 Å². The highest BCUT2D eigenvalue weighted by Gasteiger charge is 2.21. The van der Waals surface area contributed by atoms with E-state index in [0.29, 0.717) is 31.7 Å². The summed E-state index contributed by atoms with van der Waals surface area (Å²) >= 11 is 0. The summed E-state index contributed by atoms with van der Waals surface area (Å²) in [5.41, 5.74) is 3.38. The van der Waals surface area contributed by atoms with Gasteiger partial charge < -0.3 is 4.90 Å². The number of fused-ring (bicyclic) bond motifs is 1. The maximum Gasteiger partial charge on any atom is 0.258 e. The summed E-state index contributed by atoms with van der Waals surface area (Å²) in [4.78, 5) is 37.7. The van der Waals surface area contributed by atoms with Crippen LogP contribution in [0, 0.1) is 6.92 Å². The minimum Gasteiger partial charge on any atom is -0.340 e. The third-order valence-corrected chi connectivity index (χ3v) is 5.15. The van der Waals surface area contributed by atoms with Crippen molar-refractivity contribution in [3.8, 4) is 0 Å². The van der Waals surface area contributed by atoms with Crippen LogP contribution in [-0.4, -0.2) is 56.3 Å². The van der Waals surface area contributed by atoms with E-state index in [2.05, 4.69) is 14.9 Å². The lowest BCUT2D eigenvalue weighted by atomic mass is 10.1. The van der Waals surface area contributed by atoms with E-state index in [9.17, 15) is 9.59 Å². The van der Waals surface area contributed by atoms with Gasteiger partial charge in [0.25, 0.3) is 5.56 Å². The zero-order chi connectivity index (χ0) is 19.5. The van der Waals surface area contributed by atoms with Crippen molar-refractivity contribution in [3.05, 3.63) is 76.1 Å². The van der Waals surface area contributed by atoms with Gasteiger partial charge in [0.1, 0.15) is 5.65 Å². The van der Waals surface area contributed by atoms with E-state index in [-0.39, 0.29) is 11.5 Å². The quantitative estimate of drug-likeness (QED) is 0.685. The van der Waals surface area contributed by atoms with E-state index < -0.39 is 0 Å². The average Bonchev–Trinajstić information content (AvgIpc) is 2.70. The summed E-state index contributed by atoms with van der Waals surface area (Å²) < 4.78 is 1.58. The Morgan fingerprint density at radius 3 is 2.61 bits per heavy atom. The lowest BCUT2D eigenvalue weighted by Gasteiger charge is -2.34. The van der Waals surface area contributed by atoms with E-state index in [4.69, 9.17) is 0 Å². The minimum atomic E-state index is -0.0603. The first-order chi connectivity index (χ1) is 13.6. The number of aryl methyl sites for hydroxylation is 1. The summed E-state index contributed by atoms with van der Waals surface area (Å²) in [5, 5.41) is 0. The van der Waals surface area contributed by atoms with Gasteiger partial charge in [-0.05, 0) is 36.2 Å². The van der Waals surface area contributed by atoms with Crippen LogP contribution in [0.4, 0.5) is 0 Å². The van der Waals surface area contributed by atoms with E-state index in [0.717, 1.165) is 29.9 Å². The molecule has 144 valence electrons. The van der Waals surface area contributed by atoms with Crippen LogP contribution in [0.15, 0.2) is 53.7 Å². The Balaban J connectivity index is 1.38. The van der Waals surface area contributed by atoms with Crippen LogP contribution >= 0.6 is 0 Å². The van der Waals surface area contributed by atoms with Gasteiger partial charge in [-0.3, -0.25) is 23.9 Å². The van der Waals surface area contributed by atoms with Gasteiger partial charge in [0.2, 0.25) is 5.91 Å². The van der Waals surface area contributed by atoms with Crippen LogP contribution in [0.1, 0.15) is 16.8 Å². The Morgan fingerprint density at radius 2 is 1.86 bits per heavy atom. The highest BCUT2D eigenvalue weighted by Crippen LogP contribution is 2.11. The topological polar surface area (TPSA) is 70.8 Å². The van der Waals surface area contributed by atoms with Crippen LogP contribution in [0.25, 0.3) is 5.65 Å². The van der Waals surface area contributed by atoms with Crippen molar-refractivity contribution in [2.24, 2.45) is 0 Å². The Morgan fingerprint density at radius 1 is 1.11 bits per heavy atom. The molecule has 4 heterocycles. The highest BCUT2D eigenvalue weighted by molar-refractivity contribution is 5.78. The first-order valence-electron chi connectivity index (χ1n) is 9.47. The first kappa shape index (κ1) is 18.3. The molecule has 0 aliphatic carbocycles. The minimum absolute atomic E-state index is 0.0603. The smallest absolute Gasteiger partial charge is 0.258 e. The SMILES string of the molecule is Cc1cccn2c(=O)cc(CN3CCN(C(=O)Cc4ccncc4)CC3)nc12. The van der Waals surface area contributed by atoms with Crippen LogP contribution in [0.5, 0.6) is 0 Å². The molecule has 7 nitrogen and oxygen atoms in total. The molecule has 0 bridgehead atoms. The number of pyridine rings is 2. The Hall–Kier alpha value is -3.06. The van der Waals surface area contributed by atoms with Crippen molar-refractivity contribution >= 4 is 11.6 Å². The second-order valence-electron chi connectivity index (χ2n) is 7.16. The fourth-order valence-corrected chi connectivity index (χ4v) is 3.56. The van der Waals surface area contributed by atoms with Gasteiger partial charge in [-0.15, -0.1) is 0 Å². The highest BCUT2D eigenvalue weighted by atomic mass is 16.2. The second-order valence-corrected chi connectivity index (χ2v) is 7.16. The predicted molar refractivity (Wildman–Crippen MR) is 106 cm³/mol. The van der Waals surface area contributed by atoms with Crippen LogP contribution < -0.4 is 5.56 Å². The van der Waals surface area contributed by atoms with Crippen molar-refractivity contribution in [2.75, 3.05) is 26.2 Å². The summed E-state index contributed by atoms with van der Waals surface area (Å²) in [6.07, 6.45) is 5.57. The first-order valence-corrected chi connectivity index (χ1v) is 9.47. The molecule has 1 saturated heterocycles. The third-order valence-electron chi connectivity index (χ3n) is 5.15. The number of amides is 1. The van der Waals surface area contributed by atoms with Crippen molar-refractivity contribution < 1.29 is 4.79 Å². The molecule has 1 aliphatic rings. The van der Waals surface area contributed by atoms with Gasteiger partial charge >= 0.3 is 0 Å². The molecule has 0 spiro atoms. The third kappa shape index (κ3) is 3.94. The molecule has 1 amide bonds. The predicted octanol–water partition coefficient (Wildman–Crippen LogP) is 1.28. The molecular formula is C21H23N5O2. The number of hydrogen-bond acceptors (Lipinski definition) is 5. The number of aromatic nitrogens is 3. The molecule has 0 saturated carbocycles. The van der Waals surface area contributed by atoms with Gasteiger partial charge in [0.05, 0.1) is 12.1 Å². The maximum absolute atomic E-state index is 12.5. The van der Waals surface area contributed by atoms with E-state index in [1.165, 1.54) is 0 Å². The standard InChI is InChI=1S/C21H23N5O2/c1-16-3-2-8-26-20(28)14-18(23-21(16)26)15-24-9-11-25(12-10-24)19(27)13-17-4-6-22-7-5-17/h2-8,14H,9-13,15H2,1H3. The monoisotopic (exact) mass is 377 g/mol. The van der Waals surface area contributed by atoms with Crippen molar-refractivity contribution in [2.45, 2.75) is 19.9 Å². The Kier molecular flexibility index (Phi) is 5.16. The summed E-state index contributed by atoms with van der Waals surface area (Å²) in [5.74, 6) is 0.142. The number of rotatable bonds is 4. The summed E-state index contributed by atoms with van der Waals surface area (Å²) in [6.45, 7) is 5.50. The number of carbonyl (C=O) groups excluding carboxylic acids is 1. The van der Waals surface area contributed by atoms with Crippen molar-refractivity contribution in [3.63, 3.8) is 0 Å². The largest absolute Gasteiger partial charge is 0.340 e. The van der Waals surface area contributed by atoms with Crippen LogP contribution in [0.3, 0.4) is 0 Å². The molecule has 1 fully saturated rings. The summed E-state index contributed by atoms with van der Waals surface area (Å²) in [7, 11) is 0. The van der Waals surface area contributed by atoms with E-state index >= 15 is 0 Å². The molecule has 0 aromatic carbocycles. The molecule has 0 N–H and O–H groups in total. The molecule has 3 aromatic heterocycles. The molecule has 0 radical (unpaired) electrons. The number of hydrogen-bond donors (Lipinski definition) is 0. The molecule has 4 rings (SSSR count). The van der Waals surface area contributed by atoms with E-state index in [1.807, 2.05) is 36.1 Å². The van der Waals surface area contributed by atoms with Gasteiger partial charge in [0, 0.05) is 57.4 Å².